The van der Waals surface area contributed by atoms with Gasteiger partial charge in [-0.2, -0.15) is 13.2 Å². The third kappa shape index (κ3) is 5.51. The first-order valence-corrected chi connectivity index (χ1v) is 8.54. The van der Waals surface area contributed by atoms with E-state index in [0.717, 1.165) is 18.6 Å². The van der Waals surface area contributed by atoms with Gasteiger partial charge >= 0.3 is 6.18 Å². The lowest BCUT2D eigenvalue weighted by atomic mass is 9.99. The van der Waals surface area contributed by atoms with Gasteiger partial charge < -0.3 is 10.4 Å². The van der Waals surface area contributed by atoms with E-state index in [-0.39, 0.29) is 18.1 Å². The summed E-state index contributed by atoms with van der Waals surface area (Å²) in [4.78, 5) is 12.3. The minimum absolute atomic E-state index is 0.128. The molecule has 0 spiro atoms. The number of amides is 1. The van der Waals surface area contributed by atoms with Gasteiger partial charge in [-0.05, 0) is 42.2 Å². The van der Waals surface area contributed by atoms with Crippen LogP contribution in [0.4, 0.5) is 13.2 Å². The van der Waals surface area contributed by atoms with Gasteiger partial charge in [-0.1, -0.05) is 43.7 Å². The number of para-hydroxylation sites is 1. The van der Waals surface area contributed by atoms with Crippen LogP contribution in [0.1, 0.15) is 48.9 Å². The maximum Gasteiger partial charge on any atom is 0.416 e. The lowest BCUT2D eigenvalue weighted by molar-refractivity contribution is -0.137. The highest BCUT2D eigenvalue weighted by atomic mass is 19.4. The van der Waals surface area contributed by atoms with Gasteiger partial charge in [-0.15, -0.1) is 0 Å². The molecule has 140 valence electrons. The van der Waals surface area contributed by atoms with Crippen molar-refractivity contribution >= 4 is 5.91 Å². The van der Waals surface area contributed by atoms with Crippen LogP contribution in [-0.2, 0) is 17.4 Å². The molecule has 0 aliphatic rings. The number of benzene rings is 2. The molecule has 0 radical (unpaired) electrons. The van der Waals surface area contributed by atoms with Crippen molar-refractivity contribution < 1.29 is 23.1 Å². The maximum absolute atomic E-state index is 12.9. The monoisotopic (exact) mass is 365 g/mol. The number of phenolic OH excluding ortho intramolecular Hbond substituents is 1. The second kappa shape index (κ2) is 8.74. The van der Waals surface area contributed by atoms with Crippen molar-refractivity contribution in [2.24, 2.45) is 0 Å². The van der Waals surface area contributed by atoms with Crippen LogP contribution in [0.3, 0.4) is 0 Å². The molecule has 0 heterocycles. The molecule has 0 bridgehead atoms. The predicted octanol–water partition coefficient (Wildman–Crippen LogP) is 5.00. The molecule has 2 aromatic carbocycles. The number of rotatable bonds is 7. The molecule has 2 N–H and O–H groups in total. The van der Waals surface area contributed by atoms with Crippen LogP contribution in [0.15, 0.2) is 48.5 Å². The minimum atomic E-state index is -4.42. The first kappa shape index (κ1) is 19.8. The largest absolute Gasteiger partial charge is 0.508 e. The van der Waals surface area contributed by atoms with Gasteiger partial charge in [0.1, 0.15) is 5.75 Å². The van der Waals surface area contributed by atoms with Crippen molar-refractivity contribution in [3.63, 3.8) is 0 Å². The fourth-order valence-corrected chi connectivity index (χ4v) is 2.78. The highest BCUT2D eigenvalue weighted by Crippen LogP contribution is 2.31. The van der Waals surface area contributed by atoms with E-state index in [1.165, 1.54) is 6.07 Å². The second-order valence-corrected chi connectivity index (χ2v) is 6.16. The zero-order valence-corrected chi connectivity index (χ0v) is 14.5. The molecule has 6 heteroatoms. The molecule has 26 heavy (non-hydrogen) atoms. The third-order valence-electron chi connectivity index (χ3n) is 4.14. The Morgan fingerprint density at radius 3 is 2.54 bits per heavy atom. The van der Waals surface area contributed by atoms with Crippen molar-refractivity contribution in [3.8, 4) is 5.75 Å². The summed E-state index contributed by atoms with van der Waals surface area (Å²) in [5, 5.41) is 12.6. The minimum Gasteiger partial charge on any atom is -0.508 e. The summed E-state index contributed by atoms with van der Waals surface area (Å²) in [6, 6.07) is 11.3. The zero-order valence-electron chi connectivity index (χ0n) is 14.5. The van der Waals surface area contributed by atoms with Crippen LogP contribution in [0.2, 0.25) is 0 Å². The molecule has 1 atom stereocenters. The number of halogens is 3. The molecule has 0 aromatic heterocycles. The molecule has 2 rings (SSSR count). The van der Waals surface area contributed by atoms with E-state index in [9.17, 15) is 23.1 Å². The molecule has 1 unspecified atom stereocenters. The van der Waals surface area contributed by atoms with Gasteiger partial charge in [0.15, 0.2) is 0 Å². The summed E-state index contributed by atoms with van der Waals surface area (Å²) in [6.07, 6.45) is -2.64. The highest BCUT2D eigenvalue weighted by molar-refractivity contribution is 5.76. The summed E-state index contributed by atoms with van der Waals surface area (Å²) >= 11 is 0. The Balaban J connectivity index is 2.05. The van der Waals surface area contributed by atoms with E-state index in [0.29, 0.717) is 24.0 Å². The van der Waals surface area contributed by atoms with E-state index in [1.54, 1.807) is 30.3 Å². The molecule has 0 aliphatic heterocycles. The number of hydrogen-bond donors (Lipinski definition) is 2. The Morgan fingerprint density at radius 1 is 1.15 bits per heavy atom. The highest BCUT2D eigenvalue weighted by Gasteiger charge is 2.31. The second-order valence-electron chi connectivity index (χ2n) is 6.16. The summed E-state index contributed by atoms with van der Waals surface area (Å²) < 4.78 is 38.7. The average Bonchev–Trinajstić information content (AvgIpc) is 2.60. The van der Waals surface area contributed by atoms with Gasteiger partial charge in [0.25, 0.3) is 0 Å². The van der Waals surface area contributed by atoms with Crippen molar-refractivity contribution in [3.05, 3.63) is 65.2 Å². The molecule has 3 nitrogen and oxygen atoms in total. The maximum atomic E-state index is 12.9. The molecule has 0 saturated heterocycles. The van der Waals surface area contributed by atoms with Crippen LogP contribution in [-0.4, -0.2) is 11.0 Å². The van der Waals surface area contributed by atoms with E-state index in [2.05, 4.69) is 5.32 Å². The Bertz CT molecular complexity index is 744. The van der Waals surface area contributed by atoms with Gasteiger partial charge in [0.2, 0.25) is 5.91 Å². The quantitative estimate of drug-likeness (QED) is 0.725. The fourth-order valence-electron chi connectivity index (χ4n) is 2.78. The third-order valence-corrected chi connectivity index (χ3v) is 4.14. The summed E-state index contributed by atoms with van der Waals surface area (Å²) in [5.74, 6) is -0.132. The molecule has 0 saturated carbocycles. The number of aromatic hydroxyl groups is 1. The van der Waals surface area contributed by atoms with Crippen LogP contribution in [0.25, 0.3) is 0 Å². The first-order chi connectivity index (χ1) is 12.3. The SMILES string of the molecule is CCCC(NC(=O)CCc1ccccc1O)c1cccc(C(F)(F)F)c1. The van der Waals surface area contributed by atoms with E-state index < -0.39 is 17.8 Å². The Kier molecular flexibility index (Phi) is 6.66. The molecule has 1 amide bonds. The zero-order chi connectivity index (χ0) is 19.2. The Labute approximate surface area is 150 Å². The lowest BCUT2D eigenvalue weighted by Gasteiger charge is -2.20. The number of nitrogens with one attached hydrogen (secondary N) is 1. The van der Waals surface area contributed by atoms with E-state index in [1.807, 2.05) is 6.92 Å². The van der Waals surface area contributed by atoms with E-state index >= 15 is 0 Å². The summed E-state index contributed by atoms with van der Waals surface area (Å²) in [5.41, 5.74) is 0.380. The topological polar surface area (TPSA) is 49.3 Å². The van der Waals surface area contributed by atoms with Gasteiger partial charge in [0, 0.05) is 6.42 Å². The molecule has 0 fully saturated rings. The number of carbonyl (C=O) groups is 1. The number of alkyl halides is 3. The van der Waals surface area contributed by atoms with E-state index in [4.69, 9.17) is 0 Å². The number of phenols is 1. The molecule has 2 aromatic rings. The average molecular weight is 365 g/mol. The Hall–Kier alpha value is -2.50. The smallest absolute Gasteiger partial charge is 0.416 e. The van der Waals surface area contributed by atoms with Gasteiger partial charge in [-0.3, -0.25) is 4.79 Å². The lowest BCUT2D eigenvalue weighted by Crippen LogP contribution is -2.29. The van der Waals surface area contributed by atoms with Crippen LogP contribution in [0, 0.1) is 0 Å². The van der Waals surface area contributed by atoms with Crippen LogP contribution in [0.5, 0.6) is 5.75 Å². The molecule has 0 aliphatic carbocycles. The molecular formula is C20H22F3NO2. The van der Waals surface area contributed by atoms with Crippen molar-refractivity contribution in [2.45, 2.75) is 44.8 Å². The van der Waals surface area contributed by atoms with Crippen molar-refractivity contribution in [1.29, 1.82) is 0 Å². The normalized spacial score (nSPS) is 12.6. The fraction of sp³-hybridized carbons (Fsp3) is 0.350. The molecular weight excluding hydrogens is 343 g/mol. The summed E-state index contributed by atoms with van der Waals surface area (Å²) in [7, 11) is 0. The summed E-state index contributed by atoms with van der Waals surface area (Å²) in [6.45, 7) is 1.91. The first-order valence-electron chi connectivity index (χ1n) is 8.54. The standard InChI is InChI=1S/C20H22F3NO2/c1-2-6-17(15-8-5-9-16(13-15)20(21,22)23)24-19(26)12-11-14-7-3-4-10-18(14)25/h3-5,7-10,13,17,25H,2,6,11-12H2,1H3,(H,24,26). The van der Waals surface area contributed by atoms with Crippen LogP contribution < -0.4 is 5.32 Å². The number of hydrogen-bond acceptors (Lipinski definition) is 2. The van der Waals surface area contributed by atoms with Crippen molar-refractivity contribution in [1.82, 2.24) is 5.32 Å². The predicted molar refractivity (Wildman–Crippen MR) is 93.7 cm³/mol. The number of aryl methyl sites for hydroxylation is 1. The number of carbonyl (C=O) groups excluding carboxylic acids is 1. The van der Waals surface area contributed by atoms with Crippen molar-refractivity contribution in [2.75, 3.05) is 0 Å². The van der Waals surface area contributed by atoms with Gasteiger partial charge in [0.05, 0.1) is 11.6 Å². The Morgan fingerprint density at radius 2 is 1.88 bits per heavy atom. The van der Waals surface area contributed by atoms with Crippen LogP contribution >= 0.6 is 0 Å². The van der Waals surface area contributed by atoms with Gasteiger partial charge in [-0.25, -0.2) is 0 Å².